The fraction of sp³-hybridized carbons (Fsp3) is 0.545. The van der Waals surface area contributed by atoms with Gasteiger partial charge in [-0.3, -0.25) is 0 Å². The molecule has 2 aliphatic heterocycles. The highest BCUT2D eigenvalue weighted by atomic mass is 16.7. The first-order chi connectivity index (χ1) is 14.1. The predicted molar refractivity (Wildman–Crippen MR) is 116 cm³/mol. The maximum atomic E-state index is 5.83. The third-order valence-electron chi connectivity index (χ3n) is 5.89. The summed E-state index contributed by atoms with van der Waals surface area (Å²) in [6, 6.07) is 8.44. The van der Waals surface area contributed by atoms with Crippen LogP contribution in [0.5, 0.6) is 0 Å². The largest absolute Gasteiger partial charge is 0.372 e. The lowest BCUT2D eigenvalue weighted by Gasteiger charge is -2.38. The molecule has 1 aromatic carbocycles. The first-order valence-corrected chi connectivity index (χ1v) is 10.6. The highest BCUT2D eigenvalue weighted by Crippen LogP contribution is 2.33. The van der Waals surface area contributed by atoms with Gasteiger partial charge in [0.05, 0.1) is 13.2 Å². The van der Waals surface area contributed by atoms with E-state index in [4.69, 9.17) is 14.5 Å². The van der Waals surface area contributed by atoms with Gasteiger partial charge in [-0.25, -0.2) is 4.98 Å². The number of piperidine rings is 1. The fourth-order valence-electron chi connectivity index (χ4n) is 4.14. The van der Waals surface area contributed by atoms with Gasteiger partial charge in [-0.15, -0.1) is 0 Å². The molecule has 156 valence electrons. The van der Waals surface area contributed by atoms with Crippen molar-refractivity contribution in [3.05, 3.63) is 36.0 Å². The van der Waals surface area contributed by atoms with Crippen LogP contribution in [0.4, 0.5) is 23.1 Å². The van der Waals surface area contributed by atoms with Gasteiger partial charge < -0.3 is 24.6 Å². The van der Waals surface area contributed by atoms with Gasteiger partial charge in [-0.05, 0) is 50.6 Å². The van der Waals surface area contributed by atoms with E-state index in [-0.39, 0.29) is 5.79 Å². The second-order valence-corrected chi connectivity index (χ2v) is 7.63. The van der Waals surface area contributed by atoms with Gasteiger partial charge in [0.1, 0.15) is 5.82 Å². The number of anilines is 4. The lowest BCUT2D eigenvalue weighted by molar-refractivity contribution is -0.169. The van der Waals surface area contributed by atoms with E-state index in [1.165, 1.54) is 11.3 Å². The van der Waals surface area contributed by atoms with Crippen LogP contribution < -0.4 is 15.1 Å². The summed E-state index contributed by atoms with van der Waals surface area (Å²) < 4.78 is 11.7. The fourth-order valence-corrected chi connectivity index (χ4v) is 4.14. The van der Waals surface area contributed by atoms with Crippen LogP contribution >= 0.6 is 0 Å². The Balaban J connectivity index is 1.44. The first kappa shape index (κ1) is 19.9. The summed E-state index contributed by atoms with van der Waals surface area (Å²) in [5.41, 5.74) is 3.45. The molecule has 0 atom stereocenters. The topological polar surface area (TPSA) is 62.8 Å². The lowest BCUT2D eigenvalue weighted by atomic mass is 10.0. The van der Waals surface area contributed by atoms with Gasteiger partial charge in [0.2, 0.25) is 5.95 Å². The van der Waals surface area contributed by atoms with Gasteiger partial charge >= 0.3 is 0 Å². The highest BCUT2D eigenvalue weighted by Gasteiger charge is 2.40. The minimum atomic E-state index is -0.367. The van der Waals surface area contributed by atoms with Crippen molar-refractivity contribution in [2.24, 2.45) is 0 Å². The third kappa shape index (κ3) is 4.31. The summed E-state index contributed by atoms with van der Waals surface area (Å²) in [6.45, 7) is 11.6. The number of rotatable bonds is 6. The molecular weight excluding hydrogens is 366 g/mol. The molecule has 1 spiro atoms. The molecular formula is C22H31N5O2. The summed E-state index contributed by atoms with van der Waals surface area (Å²) in [5.74, 6) is 1.19. The standard InChI is InChI=1S/C22H31N5O2/c1-4-26(5-2)18-6-7-19(17(3)16-18)24-21-23-11-8-20(25-21)27-12-9-22(10-13-27)28-14-15-29-22/h6-8,11,16H,4-5,9-10,12-15H2,1-3H3,(H,23,24,25). The number of aromatic nitrogens is 2. The van der Waals surface area contributed by atoms with Crippen LogP contribution in [0, 0.1) is 6.92 Å². The Morgan fingerprint density at radius 1 is 1.10 bits per heavy atom. The number of hydrogen-bond donors (Lipinski definition) is 1. The van der Waals surface area contributed by atoms with Gasteiger partial charge in [-0.2, -0.15) is 4.98 Å². The van der Waals surface area contributed by atoms with E-state index >= 15 is 0 Å². The van der Waals surface area contributed by atoms with Crippen LogP contribution in [0.25, 0.3) is 0 Å². The number of nitrogens with one attached hydrogen (secondary N) is 1. The molecule has 1 aromatic heterocycles. The van der Waals surface area contributed by atoms with Gasteiger partial charge in [0.25, 0.3) is 0 Å². The Morgan fingerprint density at radius 3 is 2.48 bits per heavy atom. The van der Waals surface area contributed by atoms with Crippen molar-refractivity contribution in [1.82, 2.24) is 9.97 Å². The van der Waals surface area contributed by atoms with E-state index in [9.17, 15) is 0 Å². The minimum absolute atomic E-state index is 0.367. The van der Waals surface area contributed by atoms with E-state index < -0.39 is 0 Å². The number of ether oxygens (including phenoxy) is 2. The Morgan fingerprint density at radius 2 is 1.83 bits per heavy atom. The maximum absolute atomic E-state index is 5.83. The number of hydrogen-bond acceptors (Lipinski definition) is 7. The summed E-state index contributed by atoms with van der Waals surface area (Å²) in [5, 5.41) is 3.39. The van der Waals surface area contributed by atoms with Crippen LogP contribution in [0.3, 0.4) is 0 Å². The highest BCUT2D eigenvalue weighted by molar-refractivity contribution is 5.64. The number of nitrogens with zero attached hydrogens (tertiary/aromatic N) is 4. The van der Waals surface area contributed by atoms with E-state index in [0.717, 1.165) is 50.5 Å². The Bertz CT molecular complexity index is 824. The number of aryl methyl sites for hydroxylation is 1. The van der Waals surface area contributed by atoms with Crippen LogP contribution in [0.15, 0.2) is 30.5 Å². The first-order valence-electron chi connectivity index (χ1n) is 10.6. The monoisotopic (exact) mass is 397 g/mol. The summed E-state index contributed by atoms with van der Waals surface area (Å²) >= 11 is 0. The molecule has 0 radical (unpaired) electrons. The van der Waals surface area contributed by atoms with Crippen LogP contribution in [-0.4, -0.2) is 55.1 Å². The van der Waals surface area contributed by atoms with Crippen LogP contribution in [-0.2, 0) is 9.47 Å². The molecule has 0 unspecified atom stereocenters. The summed E-state index contributed by atoms with van der Waals surface area (Å²) in [7, 11) is 0. The molecule has 3 heterocycles. The van der Waals surface area contributed by atoms with Gasteiger partial charge in [-0.1, -0.05) is 0 Å². The molecule has 0 aliphatic carbocycles. The molecule has 7 nitrogen and oxygen atoms in total. The van der Waals surface area contributed by atoms with Gasteiger partial charge in [0, 0.05) is 56.6 Å². The molecule has 1 N–H and O–H groups in total. The Labute approximate surface area is 173 Å². The smallest absolute Gasteiger partial charge is 0.229 e. The molecule has 7 heteroatoms. The van der Waals surface area contributed by atoms with Crippen molar-refractivity contribution < 1.29 is 9.47 Å². The van der Waals surface area contributed by atoms with E-state index in [2.05, 4.69) is 59.1 Å². The molecule has 0 amide bonds. The van der Waals surface area contributed by atoms with Gasteiger partial charge in [0.15, 0.2) is 5.79 Å². The summed E-state index contributed by atoms with van der Waals surface area (Å²) in [6.07, 6.45) is 3.55. The molecule has 29 heavy (non-hydrogen) atoms. The van der Waals surface area contributed by atoms with Crippen LogP contribution in [0.1, 0.15) is 32.3 Å². The SMILES string of the molecule is CCN(CC)c1ccc(Nc2nccc(N3CCC4(CC3)OCCO4)n2)c(C)c1. The van der Waals surface area contributed by atoms with E-state index in [0.29, 0.717) is 19.2 Å². The zero-order valence-electron chi connectivity index (χ0n) is 17.6. The Hall–Kier alpha value is -2.38. The minimum Gasteiger partial charge on any atom is -0.372 e. The van der Waals surface area contributed by atoms with Crippen molar-refractivity contribution in [2.75, 3.05) is 54.5 Å². The quantitative estimate of drug-likeness (QED) is 0.797. The molecule has 0 bridgehead atoms. The van der Waals surface area contributed by atoms with Crippen molar-refractivity contribution in [2.45, 2.75) is 39.4 Å². The van der Waals surface area contributed by atoms with Crippen molar-refractivity contribution in [3.63, 3.8) is 0 Å². The zero-order chi connectivity index (χ0) is 20.3. The average Bonchev–Trinajstić information content (AvgIpc) is 3.19. The molecule has 0 saturated carbocycles. The van der Waals surface area contributed by atoms with Crippen molar-refractivity contribution in [3.8, 4) is 0 Å². The average molecular weight is 398 g/mol. The molecule has 2 fully saturated rings. The molecule has 2 aliphatic rings. The molecule has 2 saturated heterocycles. The Kier molecular flexibility index (Phi) is 5.87. The lowest BCUT2D eigenvalue weighted by Crippen LogP contribution is -2.45. The normalized spacial score (nSPS) is 18.2. The zero-order valence-corrected chi connectivity index (χ0v) is 17.6. The summed E-state index contributed by atoms with van der Waals surface area (Å²) in [4.78, 5) is 13.8. The van der Waals surface area contributed by atoms with E-state index in [1.54, 1.807) is 0 Å². The van der Waals surface area contributed by atoms with E-state index in [1.807, 2.05) is 12.3 Å². The predicted octanol–water partition coefficient (Wildman–Crippen LogP) is 3.72. The number of benzene rings is 1. The maximum Gasteiger partial charge on any atom is 0.229 e. The van der Waals surface area contributed by atoms with Crippen molar-refractivity contribution in [1.29, 1.82) is 0 Å². The van der Waals surface area contributed by atoms with Crippen LogP contribution in [0.2, 0.25) is 0 Å². The van der Waals surface area contributed by atoms with Crippen molar-refractivity contribution >= 4 is 23.1 Å². The third-order valence-corrected chi connectivity index (χ3v) is 5.89. The second kappa shape index (κ2) is 8.55. The molecule has 2 aromatic rings. The molecule has 4 rings (SSSR count). The second-order valence-electron chi connectivity index (χ2n) is 7.63.